The first-order valence-electron chi connectivity index (χ1n) is 13.0. The number of hydrogen-bond acceptors (Lipinski definition) is 12. The largest absolute Gasteiger partial charge is 0.462 e. The van der Waals surface area contributed by atoms with Gasteiger partial charge in [-0.2, -0.15) is 8.78 Å². The molecule has 0 aromatic carbocycles. The van der Waals surface area contributed by atoms with Crippen molar-refractivity contribution < 1.29 is 51.0 Å². The van der Waals surface area contributed by atoms with Crippen molar-refractivity contribution in [2.75, 3.05) is 12.3 Å². The predicted octanol–water partition coefficient (Wildman–Crippen LogP) is 2.04. The molecule has 3 rings (SSSR count). The molecule has 2 aromatic rings. The Bertz CT molecular complexity index is 1340. The fraction of sp³-hybridized carbons (Fsp3) is 0.696. The van der Waals surface area contributed by atoms with E-state index < -0.39 is 79.7 Å². The van der Waals surface area contributed by atoms with E-state index in [-0.39, 0.29) is 17.0 Å². The van der Waals surface area contributed by atoms with Crippen molar-refractivity contribution >= 4 is 47.3 Å². The van der Waals surface area contributed by atoms with E-state index in [0.29, 0.717) is 4.57 Å². The number of ether oxygens (including phenoxy) is 3. The zero-order chi connectivity index (χ0) is 32.5. The number of nitrogens with zero attached hydrogens (tertiary/aromatic N) is 4. The highest BCUT2D eigenvalue weighted by Crippen LogP contribution is 2.53. The molecule has 43 heavy (non-hydrogen) atoms. The van der Waals surface area contributed by atoms with Crippen LogP contribution in [-0.2, 0) is 40.1 Å². The monoisotopic (exact) mass is 659 g/mol. The summed E-state index contributed by atoms with van der Waals surface area (Å²) in [7, 11) is 0. The highest BCUT2D eigenvalue weighted by atomic mass is 32.4. The molecule has 20 heteroatoms. The zero-order valence-corrected chi connectivity index (χ0v) is 25.7. The van der Waals surface area contributed by atoms with Crippen molar-refractivity contribution in [3.63, 3.8) is 0 Å². The second-order valence-corrected chi connectivity index (χ2v) is 13.8. The number of imidazole rings is 1. The molecule has 1 saturated heterocycles. The van der Waals surface area contributed by atoms with E-state index in [9.17, 15) is 23.5 Å². The van der Waals surface area contributed by atoms with Crippen LogP contribution >= 0.6 is 6.57 Å². The summed E-state index contributed by atoms with van der Waals surface area (Å²) in [6, 6.07) is -2.41. The molecule has 1 fully saturated rings. The van der Waals surface area contributed by atoms with Crippen LogP contribution in [0.15, 0.2) is 12.7 Å². The number of nitrogens with one attached hydrogen (secondary N) is 2. The van der Waals surface area contributed by atoms with E-state index >= 15 is 8.78 Å². The van der Waals surface area contributed by atoms with Crippen molar-refractivity contribution in [3.05, 3.63) is 12.7 Å². The maximum atomic E-state index is 15.5. The molecule has 5 atom stereocenters. The highest BCUT2D eigenvalue weighted by Gasteiger charge is 2.71. The molecule has 14 nitrogen and oxygen atoms in total. The molecule has 0 spiro atoms. The number of hydrogen-bond donors (Lipinski definition) is 4. The van der Waals surface area contributed by atoms with Crippen molar-refractivity contribution in [1.82, 2.24) is 29.7 Å². The van der Waals surface area contributed by atoms with Crippen molar-refractivity contribution in [3.8, 4) is 0 Å². The third-order valence-electron chi connectivity index (χ3n) is 6.11. The number of halogens is 4. The standard InChI is InChI=1S/C23H34F4N7O7PS/c1-10(2)39-17(35)12(5)32-42(43,33-13(6)18(36)40-11(3)4)38-7-22(20(24)25)19(37)23(26,27)21(41-22)34-9-31-14-15(28)29-8-30-16(14)34/h8-13,19-21,37H,7H2,1-6H3,(H2,28,29,30)(H2,32,33,43). The van der Waals surface area contributed by atoms with Gasteiger partial charge in [0, 0.05) is 0 Å². The third-order valence-corrected chi connectivity index (χ3v) is 9.00. The van der Waals surface area contributed by atoms with Gasteiger partial charge in [-0.15, -0.1) is 0 Å². The molecule has 0 bridgehead atoms. The Kier molecular flexibility index (Phi) is 10.7. The molecule has 0 radical (unpaired) electrons. The number of carbonyl (C=O) groups is 2. The van der Waals surface area contributed by atoms with Gasteiger partial charge in [-0.25, -0.2) is 33.9 Å². The molecule has 5 N–H and O–H groups in total. The summed E-state index contributed by atoms with van der Waals surface area (Å²) in [5.41, 5.74) is 1.99. The van der Waals surface area contributed by atoms with E-state index in [4.69, 9.17) is 36.3 Å². The molecule has 3 heterocycles. The van der Waals surface area contributed by atoms with Crippen LogP contribution in [0.4, 0.5) is 23.4 Å². The Morgan fingerprint density at radius 2 is 1.63 bits per heavy atom. The summed E-state index contributed by atoms with van der Waals surface area (Å²) in [6.07, 6.45) is -8.66. The number of nitrogens with two attached hydrogens (primary N) is 1. The molecule has 2 aromatic heterocycles. The van der Waals surface area contributed by atoms with E-state index in [1.54, 1.807) is 27.7 Å². The third kappa shape index (κ3) is 7.41. The van der Waals surface area contributed by atoms with Gasteiger partial charge in [0.25, 0.3) is 6.43 Å². The number of rotatable bonds is 13. The van der Waals surface area contributed by atoms with Crippen LogP contribution in [0.5, 0.6) is 0 Å². The summed E-state index contributed by atoms with van der Waals surface area (Å²) in [6.45, 7) is 3.66. The Labute approximate surface area is 249 Å². The lowest BCUT2D eigenvalue weighted by Crippen LogP contribution is -2.55. The fourth-order valence-electron chi connectivity index (χ4n) is 4.03. The number of aliphatic hydroxyl groups is 1. The SMILES string of the molecule is CC(C)OC(=O)C(C)NP(=S)(NC(C)C(=O)OC(C)C)OCC1(C(F)F)OC(n2cnc3c(N)ncnc32)C(F)(F)C1O. The molecule has 242 valence electrons. The van der Waals surface area contributed by atoms with E-state index in [0.717, 1.165) is 12.7 Å². The van der Waals surface area contributed by atoms with Crippen LogP contribution in [0, 0.1) is 0 Å². The normalized spacial score (nSPS) is 24.8. The fourth-order valence-corrected chi connectivity index (χ4v) is 6.97. The number of fused-ring (bicyclic) bond motifs is 1. The summed E-state index contributed by atoms with van der Waals surface area (Å²) >= 11 is 5.51. The molecule has 0 aliphatic carbocycles. The average Bonchev–Trinajstić information content (AvgIpc) is 3.40. The molecular formula is C23H34F4N7O7PS. The van der Waals surface area contributed by atoms with Crippen molar-refractivity contribution in [1.29, 1.82) is 0 Å². The number of anilines is 1. The highest BCUT2D eigenvalue weighted by molar-refractivity contribution is 8.10. The average molecular weight is 660 g/mol. The van der Waals surface area contributed by atoms with Gasteiger partial charge in [0.2, 0.25) is 6.23 Å². The smallest absolute Gasteiger partial charge is 0.323 e. The first-order valence-corrected chi connectivity index (χ1v) is 15.7. The molecule has 1 aliphatic heterocycles. The summed E-state index contributed by atoms with van der Waals surface area (Å²) in [4.78, 5) is 36.3. The predicted molar refractivity (Wildman–Crippen MR) is 147 cm³/mol. The van der Waals surface area contributed by atoms with E-state index in [1.165, 1.54) is 13.8 Å². The lowest BCUT2D eigenvalue weighted by molar-refractivity contribution is -0.190. The van der Waals surface area contributed by atoms with Gasteiger partial charge < -0.3 is 29.6 Å². The Balaban J connectivity index is 1.96. The minimum Gasteiger partial charge on any atom is -0.462 e. The lowest BCUT2D eigenvalue weighted by atomic mass is 9.96. The first kappa shape index (κ1) is 34.9. The van der Waals surface area contributed by atoms with Crippen LogP contribution < -0.4 is 15.9 Å². The second-order valence-electron chi connectivity index (χ2n) is 10.4. The maximum absolute atomic E-state index is 15.5. The number of carbonyl (C=O) groups excluding carboxylic acids is 2. The van der Waals surface area contributed by atoms with Crippen LogP contribution in [0.25, 0.3) is 11.2 Å². The summed E-state index contributed by atoms with van der Waals surface area (Å²) in [5, 5.41) is 15.9. The van der Waals surface area contributed by atoms with Crippen molar-refractivity contribution in [2.24, 2.45) is 0 Å². The Morgan fingerprint density at radius 1 is 1.09 bits per heavy atom. The number of aromatic nitrogens is 4. The van der Waals surface area contributed by atoms with Gasteiger partial charge in [-0.1, -0.05) is 0 Å². The van der Waals surface area contributed by atoms with E-state index in [2.05, 4.69) is 25.1 Å². The molecule has 1 aliphatic rings. The van der Waals surface area contributed by atoms with Gasteiger partial charge in [0.1, 0.15) is 23.9 Å². The molecular weight excluding hydrogens is 625 g/mol. The second kappa shape index (κ2) is 13.2. The number of aliphatic hydroxyl groups excluding tert-OH is 1. The van der Waals surface area contributed by atoms with Crippen molar-refractivity contribution in [2.45, 2.75) is 96.1 Å². The molecule has 0 amide bonds. The first-order chi connectivity index (χ1) is 19.8. The maximum Gasteiger partial charge on any atom is 0.323 e. The molecule has 0 saturated carbocycles. The minimum atomic E-state index is -4.33. The van der Waals surface area contributed by atoms with Gasteiger partial charge in [-0.3, -0.25) is 14.2 Å². The quantitative estimate of drug-likeness (QED) is 0.139. The van der Waals surface area contributed by atoms with E-state index in [1.807, 2.05) is 0 Å². The van der Waals surface area contributed by atoms with Crippen LogP contribution in [-0.4, -0.2) is 91.5 Å². The van der Waals surface area contributed by atoms with Gasteiger partial charge in [0.15, 0.2) is 29.7 Å². The number of nitrogen functional groups attached to an aromatic ring is 1. The summed E-state index contributed by atoms with van der Waals surface area (Å²) < 4.78 is 82.0. The zero-order valence-electron chi connectivity index (χ0n) is 24.0. The summed E-state index contributed by atoms with van der Waals surface area (Å²) in [5.74, 6) is -6.10. The Hall–Kier alpha value is -2.54. The molecule has 5 unspecified atom stereocenters. The Morgan fingerprint density at radius 3 is 2.12 bits per heavy atom. The van der Waals surface area contributed by atoms with Gasteiger partial charge >= 0.3 is 17.9 Å². The topological polar surface area (TPSA) is 185 Å². The van der Waals surface area contributed by atoms with Crippen LogP contribution in [0.1, 0.15) is 47.8 Å². The minimum absolute atomic E-state index is 0.101. The lowest BCUT2D eigenvalue weighted by Gasteiger charge is -2.35. The van der Waals surface area contributed by atoms with Crippen LogP contribution in [0.2, 0.25) is 0 Å². The number of alkyl halides is 4. The van der Waals surface area contributed by atoms with Gasteiger partial charge in [0.05, 0.1) is 25.1 Å². The van der Waals surface area contributed by atoms with Crippen LogP contribution in [0.3, 0.4) is 0 Å². The van der Waals surface area contributed by atoms with Gasteiger partial charge in [-0.05, 0) is 53.3 Å². The number of esters is 2.